The highest BCUT2D eigenvalue weighted by Gasteiger charge is 2.18. The Kier molecular flexibility index (Phi) is 4.70. The number of benzene rings is 3. The highest BCUT2D eigenvalue weighted by molar-refractivity contribution is 6.33. The summed E-state index contributed by atoms with van der Waals surface area (Å²) in [5.41, 5.74) is 4.52. The molecule has 1 heterocycles. The van der Waals surface area contributed by atoms with Crippen LogP contribution in [0.3, 0.4) is 0 Å². The summed E-state index contributed by atoms with van der Waals surface area (Å²) in [4.78, 5) is 16.5. The lowest BCUT2D eigenvalue weighted by Gasteiger charge is -2.02. The number of fused-ring (bicyclic) bond motifs is 1. The maximum Gasteiger partial charge on any atom is 0.195 e. The zero-order chi connectivity index (χ0) is 18.8. The van der Waals surface area contributed by atoms with E-state index in [9.17, 15) is 4.79 Å². The maximum absolute atomic E-state index is 13.2. The van der Waals surface area contributed by atoms with Crippen molar-refractivity contribution in [1.82, 2.24) is 4.98 Å². The molecule has 0 saturated heterocycles. The molecule has 4 aromatic rings. The van der Waals surface area contributed by atoms with Crippen LogP contribution in [0.15, 0.2) is 72.8 Å². The van der Waals surface area contributed by atoms with Gasteiger partial charge in [0.25, 0.3) is 0 Å². The smallest absolute Gasteiger partial charge is 0.195 e. The first-order valence-electron chi connectivity index (χ1n) is 8.56. The predicted molar refractivity (Wildman–Crippen MR) is 114 cm³/mol. The number of aromatic nitrogens is 1. The first-order chi connectivity index (χ1) is 13.1. The van der Waals surface area contributed by atoms with E-state index in [1.807, 2.05) is 84.9 Å². The Morgan fingerprint density at radius 2 is 1.67 bits per heavy atom. The summed E-state index contributed by atoms with van der Waals surface area (Å²) in [6.45, 7) is 0. The molecule has 0 aliphatic rings. The van der Waals surface area contributed by atoms with Crippen LogP contribution in [-0.4, -0.2) is 18.6 Å². The molecule has 0 amide bonds. The Balaban J connectivity index is 1.84. The first kappa shape index (κ1) is 17.4. The molecule has 1 aromatic heterocycles. The molecule has 4 rings (SSSR count). The lowest BCUT2D eigenvalue weighted by molar-refractivity contribution is 0.104. The van der Waals surface area contributed by atoms with Gasteiger partial charge in [0.2, 0.25) is 0 Å². The van der Waals surface area contributed by atoms with E-state index in [-0.39, 0.29) is 5.78 Å². The third-order valence-corrected chi connectivity index (χ3v) is 4.68. The number of carbonyl (C=O) groups excluding carboxylic acids is 1. The summed E-state index contributed by atoms with van der Waals surface area (Å²) in [6.07, 6.45) is 3.86. The van der Waals surface area contributed by atoms with Crippen LogP contribution >= 0.6 is 11.6 Å². The summed E-state index contributed by atoms with van der Waals surface area (Å²) in [7, 11) is 5.91. The molecular formula is C23H15BClNO. The number of nitrogens with one attached hydrogen (secondary N) is 1. The molecule has 2 nitrogen and oxygen atoms in total. The van der Waals surface area contributed by atoms with Crippen LogP contribution < -0.4 is 5.46 Å². The number of hydrogen-bond acceptors (Lipinski definition) is 1. The Morgan fingerprint density at radius 3 is 2.41 bits per heavy atom. The van der Waals surface area contributed by atoms with E-state index in [1.165, 1.54) is 0 Å². The molecule has 0 unspecified atom stereocenters. The molecule has 27 heavy (non-hydrogen) atoms. The van der Waals surface area contributed by atoms with E-state index >= 15 is 0 Å². The Hall–Kier alpha value is -3.04. The van der Waals surface area contributed by atoms with Gasteiger partial charge in [0.1, 0.15) is 7.85 Å². The highest BCUT2D eigenvalue weighted by Crippen LogP contribution is 2.26. The van der Waals surface area contributed by atoms with Gasteiger partial charge in [-0.3, -0.25) is 4.79 Å². The minimum absolute atomic E-state index is 0.0256. The minimum atomic E-state index is -0.0256. The zero-order valence-electron chi connectivity index (χ0n) is 14.4. The van der Waals surface area contributed by atoms with Crippen LogP contribution in [0.2, 0.25) is 5.02 Å². The largest absolute Gasteiger partial charge is 0.354 e. The number of ketones is 1. The predicted octanol–water partition coefficient (Wildman–Crippen LogP) is 5.02. The van der Waals surface area contributed by atoms with E-state index < -0.39 is 0 Å². The quantitative estimate of drug-likeness (QED) is 0.399. The SMILES string of the molecule is [B]c1ccc2c(C(=O)c3ccccc3)c(/C=C/c3ccc(Cl)cc3)[nH]c2c1. The van der Waals surface area contributed by atoms with E-state index in [4.69, 9.17) is 19.4 Å². The third-order valence-electron chi connectivity index (χ3n) is 4.43. The summed E-state index contributed by atoms with van der Waals surface area (Å²) >= 11 is 5.94. The number of hydrogen-bond donors (Lipinski definition) is 1. The van der Waals surface area contributed by atoms with Gasteiger partial charge in [-0.15, -0.1) is 0 Å². The van der Waals surface area contributed by atoms with Gasteiger partial charge in [-0.2, -0.15) is 0 Å². The second kappa shape index (κ2) is 7.30. The van der Waals surface area contributed by atoms with Gasteiger partial charge in [0, 0.05) is 21.5 Å². The van der Waals surface area contributed by atoms with Crippen molar-refractivity contribution in [3.8, 4) is 0 Å². The normalized spacial score (nSPS) is 11.3. The standard InChI is InChI=1S/C23H15BClNO/c24-17-9-12-19-21(14-17)26-20(13-8-15-6-10-18(25)11-7-15)22(19)23(27)16-4-2-1-3-5-16/h1-14,26H/b13-8+. The van der Waals surface area contributed by atoms with E-state index in [0.717, 1.165) is 22.2 Å². The van der Waals surface area contributed by atoms with Gasteiger partial charge < -0.3 is 4.98 Å². The average Bonchev–Trinajstić information content (AvgIpc) is 3.05. The molecule has 0 atom stereocenters. The molecule has 2 radical (unpaired) electrons. The van der Waals surface area contributed by atoms with E-state index in [0.29, 0.717) is 21.6 Å². The topological polar surface area (TPSA) is 32.9 Å². The average molecular weight is 368 g/mol. The van der Waals surface area contributed by atoms with Gasteiger partial charge >= 0.3 is 0 Å². The number of halogens is 1. The Labute approximate surface area is 163 Å². The van der Waals surface area contributed by atoms with Crippen molar-refractivity contribution in [3.63, 3.8) is 0 Å². The monoisotopic (exact) mass is 367 g/mol. The third kappa shape index (κ3) is 3.60. The molecule has 3 aromatic carbocycles. The molecule has 0 saturated carbocycles. The lowest BCUT2D eigenvalue weighted by atomic mass is 9.93. The Bertz CT molecular complexity index is 1140. The molecule has 0 fully saturated rings. The van der Waals surface area contributed by atoms with Crippen molar-refractivity contribution in [2.75, 3.05) is 0 Å². The van der Waals surface area contributed by atoms with Crippen molar-refractivity contribution in [1.29, 1.82) is 0 Å². The van der Waals surface area contributed by atoms with Crippen LogP contribution in [0.1, 0.15) is 27.2 Å². The molecule has 0 bridgehead atoms. The van der Waals surface area contributed by atoms with Gasteiger partial charge in [-0.1, -0.05) is 77.7 Å². The fourth-order valence-corrected chi connectivity index (χ4v) is 3.22. The molecule has 4 heteroatoms. The molecule has 0 aliphatic heterocycles. The molecule has 0 spiro atoms. The lowest BCUT2D eigenvalue weighted by Crippen LogP contribution is -2.03. The molecular weight excluding hydrogens is 353 g/mol. The van der Waals surface area contributed by atoms with Crippen molar-refractivity contribution in [3.05, 3.63) is 100 Å². The highest BCUT2D eigenvalue weighted by atomic mass is 35.5. The van der Waals surface area contributed by atoms with Crippen molar-refractivity contribution in [2.45, 2.75) is 0 Å². The van der Waals surface area contributed by atoms with Crippen molar-refractivity contribution in [2.24, 2.45) is 0 Å². The van der Waals surface area contributed by atoms with Gasteiger partial charge in [0.05, 0.1) is 11.3 Å². The maximum atomic E-state index is 13.2. The van der Waals surface area contributed by atoms with Crippen LogP contribution in [0, 0.1) is 0 Å². The van der Waals surface area contributed by atoms with E-state index in [2.05, 4.69) is 4.98 Å². The van der Waals surface area contributed by atoms with Crippen LogP contribution in [0.25, 0.3) is 23.1 Å². The number of H-pyrrole nitrogens is 1. The number of aromatic amines is 1. The molecule has 1 N–H and O–H groups in total. The number of rotatable bonds is 4. The summed E-state index contributed by atoms with van der Waals surface area (Å²) < 4.78 is 0. The number of carbonyl (C=O) groups is 1. The molecule has 128 valence electrons. The van der Waals surface area contributed by atoms with E-state index in [1.54, 1.807) is 0 Å². The van der Waals surface area contributed by atoms with Gasteiger partial charge in [-0.05, 0) is 29.8 Å². The fraction of sp³-hybridized carbons (Fsp3) is 0. The van der Waals surface area contributed by atoms with Crippen LogP contribution in [-0.2, 0) is 0 Å². The zero-order valence-corrected chi connectivity index (χ0v) is 15.2. The second-order valence-corrected chi connectivity index (χ2v) is 6.74. The van der Waals surface area contributed by atoms with Crippen LogP contribution in [0.5, 0.6) is 0 Å². The Morgan fingerprint density at radius 1 is 0.926 bits per heavy atom. The second-order valence-electron chi connectivity index (χ2n) is 6.30. The van der Waals surface area contributed by atoms with Crippen LogP contribution in [0.4, 0.5) is 0 Å². The fourth-order valence-electron chi connectivity index (χ4n) is 3.09. The van der Waals surface area contributed by atoms with Crippen molar-refractivity contribution >= 4 is 53.7 Å². The summed E-state index contributed by atoms with van der Waals surface area (Å²) in [5.74, 6) is -0.0256. The van der Waals surface area contributed by atoms with Crippen molar-refractivity contribution < 1.29 is 4.79 Å². The minimum Gasteiger partial charge on any atom is -0.354 e. The first-order valence-corrected chi connectivity index (χ1v) is 8.94. The summed E-state index contributed by atoms with van der Waals surface area (Å²) in [5, 5.41) is 1.54. The van der Waals surface area contributed by atoms with Gasteiger partial charge in [0.15, 0.2) is 5.78 Å². The summed E-state index contributed by atoms with van der Waals surface area (Å²) in [6, 6.07) is 22.3. The van der Waals surface area contributed by atoms with Gasteiger partial charge in [-0.25, -0.2) is 0 Å². The molecule has 0 aliphatic carbocycles.